The summed E-state index contributed by atoms with van der Waals surface area (Å²) in [5.41, 5.74) is 1.41. The van der Waals surface area contributed by atoms with Crippen molar-refractivity contribution < 1.29 is 48.8 Å². The molecule has 2 aliphatic carbocycles. The monoisotopic (exact) mass is 566 g/mol. The second kappa shape index (κ2) is 10.8. The van der Waals surface area contributed by atoms with Crippen LogP contribution in [0.4, 0.5) is 0 Å². The number of ether oxygens (including phenoxy) is 1. The lowest BCUT2D eigenvalue weighted by Gasteiger charge is -2.42. The molecule has 4 amide bonds. The smallest absolute Gasteiger partial charge is 0.305 e. The van der Waals surface area contributed by atoms with Crippen LogP contribution < -0.4 is 4.74 Å². The molecule has 2 heterocycles. The number of rotatable bonds is 9. The fourth-order valence-corrected chi connectivity index (χ4v) is 6.85. The van der Waals surface area contributed by atoms with E-state index in [1.807, 2.05) is 6.08 Å². The maximum atomic E-state index is 13.6. The Morgan fingerprint density at radius 3 is 2.12 bits per heavy atom. The Bertz CT molecular complexity index is 1400. The summed E-state index contributed by atoms with van der Waals surface area (Å²) in [6, 6.07) is 4.72. The molecule has 0 spiro atoms. The number of allylic oxidation sites excluding steroid dienone is 3. The average Bonchev–Trinajstić information content (AvgIpc) is 3.32. The van der Waals surface area contributed by atoms with E-state index in [0.29, 0.717) is 5.56 Å². The first-order chi connectivity index (χ1) is 19.5. The van der Waals surface area contributed by atoms with Crippen molar-refractivity contribution in [1.29, 1.82) is 0 Å². The van der Waals surface area contributed by atoms with Gasteiger partial charge in [-0.2, -0.15) is 0 Å². The Balaban J connectivity index is 1.52. The zero-order valence-electron chi connectivity index (χ0n) is 22.3. The molecule has 0 bridgehead atoms. The van der Waals surface area contributed by atoms with Gasteiger partial charge in [-0.1, -0.05) is 29.9 Å². The molecular weight excluding hydrogens is 536 g/mol. The van der Waals surface area contributed by atoms with Crippen LogP contribution in [0.25, 0.3) is 6.08 Å². The number of hydrogen-bond acceptors (Lipinski definition) is 8. The Hall–Kier alpha value is -4.48. The molecule has 6 atom stereocenters. The Morgan fingerprint density at radius 1 is 0.902 bits per heavy atom. The van der Waals surface area contributed by atoms with E-state index in [9.17, 15) is 33.9 Å². The summed E-state index contributed by atoms with van der Waals surface area (Å²) in [6.45, 7) is -0.498. The van der Waals surface area contributed by atoms with Crippen molar-refractivity contribution in [3.63, 3.8) is 0 Å². The minimum absolute atomic E-state index is 0.0500. The maximum absolute atomic E-state index is 13.6. The van der Waals surface area contributed by atoms with Crippen LogP contribution in [-0.4, -0.2) is 80.9 Å². The van der Waals surface area contributed by atoms with Crippen molar-refractivity contribution in [2.45, 2.75) is 25.7 Å². The number of imide groups is 2. The maximum Gasteiger partial charge on any atom is 0.305 e. The van der Waals surface area contributed by atoms with Gasteiger partial charge in [0.2, 0.25) is 23.6 Å². The van der Waals surface area contributed by atoms with Gasteiger partial charge in [0, 0.05) is 19.0 Å². The Labute approximate surface area is 234 Å². The van der Waals surface area contributed by atoms with Gasteiger partial charge in [0.1, 0.15) is 0 Å². The molecule has 5 rings (SSSR count). The lowest BCUT2D eigenvalue weighted by molar-refractivity contribution is -0.145. The zero-order chi connectivity index (χ0) is 29.6. The van der Waals surface area contributed by atoms with Crippen LogP contribution in [-0.2, 0) is 28.8 Å². The second-order valence-corrected chi connectivity index (χ2v) is 10.8. The van der Waals surface area contributed by atoms with Crippen LogP contribution in [0.5, 0.6) is 11.5 Å². The van der Waals surface area contributed by atoms with Crippen molar-refractivity contribution in [3.8, 4) is 11.5 Å². The van der Waals surface area contributed by atoms with E-state index in [1.165, 1.54) is 13.2 Å². The van der Waals surface area contributed by atoms with Crippen LogP contribution in [0.1, 0.15) is 31.2 Å². The number of carbonyl (C=O) groups is 6. The SMILES string of the molecule is COc1cc(C=C[C@H]2C3=CC[C@@H]4C(=O)N(CCC(=O)O)C(=O)[C@@H]4[C@@H]3C[C@H]3C(=O)N(CCC(=O)O)C(=O)[C@@H]23)ccc1O. The van der Waals surface area contributed by atoms with Crippen molar-refractivity contribution in [2.24, 2.45) is 35.5 Å². The van der Waals surface area contributed by atoms with Crippen LogP contribution in [0.15, 0.2) is 35.9 Å². The lowest BCUT2D eigenvalue weighted by Crippen LogP contribution is -2.43. The summed E-state index contributed by atoms with van der Waals surface area (Å²) in [5.74, 6) is -8.16. The van der Waals surface area contributed by atoms with Gasteiger partial charge in [-0.15, -0.1) is 0 Å². The minimum Gasteiger partial charge on any atom is -0.504 e. The molecule has 41 heavy (non-hydrogen) atoms. The average molecular weight is 567 g/mol. The van der Waals surface area contributed by atoms with E-state index in [2.05, 4.69) is 0 Å². The molecule has 4 aliphatic rings. The highest BCUT2D eigenvalue weighted by molar-refractivity contribution is 6.08. The summed E-state index contributed by atoms with van der Waals surface area (Å²) >= 11 is 0. The third-order valence-electron chi connectivity index (χ3n) is 8.68. The topological polar surface area (TPSA) is 179 Å². The normalized spacial score (nSPS) is 29.0. The first-order valence-corrected chi connectivity index (χ1v) is 13.4. The first kappa shape index (κ1) is 28.1. The number of likely N-dealkylation sites (tertiary alicyclic amines) is 2. The molecule has 1 saturated carbocycles. The number of carboxylic acids is 2. The molecule has 0 radical (unpaired) electrons. The number of amides is 4. The van der Waals surface area contributed by atoms with E-state index in [1.54, 1.807) is 24.3 Å². The molecule has 2 aliphatic heterocycles. The van der Waals surface area contributed by atoms with Crippen molar-refractivity contribution in [2.75, 3.05) is 20.2 Å². The van der Waals surface area contributed by atoms with Gasteiger partial charge < -0.3 is 20.1 Å². The summed E-state index contributed by atoms with van der Waals surface area (Å²) in [4.78, 5) is 77.9. The molecule has 3 fully saturated rings. The number of carboxylic acid groups (broad SMARTS) is 2. The number of fused-ring (bicyclic) bond motifs is 4. The number of aromatic hydroxyl groups is 1. The standard InChI is InChI=1S/C29H30N2O10/c1-41-21-12-14(3-7-20(21)32)2-4-16-15-5-6-17-25(29(40)30(26(17)37)10-8-22(33)34)18(15)13-19-24(16)28(39)31(27(19)38)11-9-23(35)36/h2-5,7,12,16-19,24-25,32H,6,8-11,13H2,1H3,(H,33,34)(H,35,36)/t16-,17-,18+,19+,24-,25-/m0/s1. The van der Waals surface area contributed by atoms with E-state index in [4.69, 9.17) is 14.9 Å². The molecule has 2 saturated heterocycles. The fourth-order valence-electron chi connectivity index (χ4n) is 6.85. The summed E-state index contributed by atoms with van der Waals surface area (Å²) in [5, 5.41) is 28.2. The van der Waals surface area contributed by atoms with Gasteiger partial charge in [-0.3, -0.25) is 38.6 Å². The molecule has 1 aromatic carbocycles. The van der Waals surface area contributed by atoms with Crippen molar-refractivity contribution in [3.05, 3.63) is 41.5 Å². The molecule has 0 aromatic heterocycles. The molecule has 0 unspecified atom stereocenters. The van der Waals surface area contributed by atoms with Gasteiger partial charge in [0.05, 0.1) is 43.6 Å². The number of nitrogens with zero attached hydrogens (tertiary/aromatic N) is 2. The van der Waals surface area contributed by atoms with Gasteiger partial charge in [0.15, 0.2) is 11.5 Å². The fraction of sp³-hybridized carbons (Fsp3) is 0.448. The zero-order valence-corrected chi connectivity index (χ0v) is 22.3. The third kappa shape index (κ3) is 4.87. The van der Waals surface area contributed by atoms with Gasteiger partial charge in [0.25, 0.3) is 0 Å². The van der Waals surface area contributed by atoms with Gasteiger partial charge in [-0.25, -0.2) is 0 Å². The predicted molar refractivity (Wildman–Crippen MR) is 140 cm³/mol. The quantitative estimate of drug-likeness (QED) is 0.293. The third-order valence-corrected chi connectivity index (χ3v) is 8.68. The molecule has 1 aromatic rings. The van der Waals surface area contributed by atoms with Crippen molar-refractivity contribution >= 4 is 41.6 Å². The minimum atomic E-state index is -1.14. The van der Waals surface area contributed by atoms with Crippen LogP contribution in [0, 0.1) is 35.5 Å². The molecule has 12 heteroatoms. The number of hydrogen-bond donors (Lipinski definition) is 3. The number of phenolic OH excluding ortho intramolecular Hbond substituents is 1. The summed E-state index contributed by atoms with van der Waals surface area (Å²) in [6.07, 6.45) is 4.98. The molecule has 12 nitrogen and oxygen atoms in total. The van der Waals surface area contributed by atoms with Crippen LogP contribution >= 0.6 is 0 Å². The number of carbonyl (C=O) groups excluding carboxylic acids is 4. The predicted octanol–water partition coefficient (Wildman–Crippen LogP) is 1.53. The second-order valence-electron chi connectivity index (χ2n) is 10.8. The van der Waals surface area contributed by atoms with E-state index >= 15 is 0 Å². The summed E-state index contributed by atoms with van der Waals surface area (Å²) < 4.78 is 5.18. The van der Waals surface area contributed by atoms with E-state index in [-0.39, 0.29) is 43.9 Å². The largest absolute Gasteiger partial charge is 0.504 e. The molecule has 3 N–H and O–H groups in total. The highest BCUT2D eigenvalue weighted by atomic mass is 16.5. The van der Waals surface area contributed by atoms with Gasteiger partial charge >= 0.3 is 11.9 Å². The lowest BCUT2D eigenvalue weighted by atomic mass is 9.58. The Morgan fingerprint density at radius 2 is 1.51 bits per heavy atom. The van der Waals surface area contributed by atoms with Crippen LogP contribution in [0.3, 0.4) is 0 Å². The van der Waals surface area contributed by atoms with E-state index < -0.39 is 77.5 Å². The number of benzene rings is 1. The molecular formula is C29H30N2O10. The highest BCUT2D eigenvalue weighted by Crippen LogP contribution is 2.55. The molecule has 216 valence electrons. The number of aliphatic carboxylic acids is 2. The number of methoxy groups -OCH3 is 1. The van der Waals surface area contributed by atoms with Crippen LogP contribution in [0.2, 0.25) is 0 Å². The first-order valence-electron chi connectivity index (χ1n) is 13.4. The van der Waals surface area contributed by atoms with Crippen molar-refractivity contribution in [1.82, 2.24) is 9.80 Å². The van der Waals surface area contributed by atoms with Gasteiger partial charge in [-0.05, 0) is 36.5 Å². The van der Waals surface area contributed by atoms with E-state index in [0.717, 1.165) is 15.4 Å². The highest BCUT2D eigenvalue weighted by Gasteiger charge is 2.61. The number of phenols is 1. The summed E-state index contributed by atoms with van der Waals surface area (Å²) in [7, 11) is 1.41. The Kier molecular flexibility index (Phi) is 7.41.